The summed E-state index contributed by atoms with van der Waals surface area (Å²) in [5, 5.41) is 6.04. The van der Waals surface area contributed by atoms with Crippen molar-refractivity contribution in [1.29, 1.82) is 0 Å². The van der Waals surface area contributed by atoms with Gasteiger partial charge in [0.05, 0.1) is 27.4 Å². The zero-order chi connectivity index (χ0) is 25.1. The molecular weight excluding hydrogens is 446 g/mol. The van der Waals surface area contributed by atoms with Crippen LogP contribution in [0.2, 0.25) is 0 Å². The summed E-state index contributed by atoms with van der Waals surface area (Å²) in [5.74, 6) is 1.84. The van der Waals surface area contributed by atoms with Crippen LogP contribution in [-0.4, -0.2) is 56.8 Å². The maximum Gasteiger partial charge on any atom is 0.318 e. The van der Waals surface area contributed by atoms with E-state index >= 15 is 0 Å². The third kappa shape index (κ3) is 5.31. The number of nitrogens with zero attached hydrogens (tertiary/aromatic N) is 1. The van der Waals surface area contributed by atoms with Gasteiger partial charge in [0.2, 0.25) is 5.91 Å². The lowest BCUT2D eigenvalue weighted by molar-refractivity contribution is -0.124. The van der Waals surface area contributed by atoms with Crippen molar-refractivity contribution in [3.05, 3.63) is 53.1 Å². The number of carbonyl (C=O) groups excluding carboxylic acids is 2. The van der Waals surface area contributed by atoms with Crippen LogP contribution in [0.5, 0.6) is 17.2 Å². The molecule has 1 fully saturated rings. The third-order valence-electron chi connectivity index (χ3n) is 6.72. The van der Waals surface area contributed by atoms with Gasteiger partial charge in [-0.2, -0.15) is 0 Å². The summed E-state index contributed by atoms with van der Waals surface area (Å²) in [6, 6.07) is 10.6. The van der Waals surface area contributed by atoms with Crippen LogP contribution in [-0.2, 0) is 11.2 Å². The van der Waals surface area contributed by atoms with E-state index in [1.807, 2.05) is 50.2 Å². The smallest absolute Gasteiger partial charge is 0.318 e. The molecular formula is C27H35N3O5. The standard InChI is InChI=1S/C27H35N3O5/c1-16(2)24(26(31)28-19-8-9-19)29-27(32)30-13-12-18-14-22(34-4)23(35-5)15-21(18)25(30)17-6-10-20(33-3)11-7-17/h6-7,10-11,14-16,19,24-25H,8-9,12-13H2,1-5H3,(H,28,31)(H,29,32). The fraction of sp³-hybridized carbons (Fsp3) is 0.481. The lowest BCUT2D eigenvalue weighted by Gasteiger charge is -2.39. The van der Waals surface area contributed by atoms with E-state index in [1.54, 1.807) is 26.2 Å². The summed E-state index contributed by atoms with van der Waals surface area (Å²) in [7, 11) is 4.85. The molecule has 1 heterocycles. The van der Waals surface area contributed by atoms with Crippen molar-refractivity contribution in [1.82, 2.24) is 15.5 Å². The molecule has 1 aliphatic heterocycles. The fourth-order valence-corrected chi connectivity index (χ4v) is 4.58. The first-order chi connectivity index (χ1) is 16.9. The van der Waals surface area contributed by atoms with Crippen molar-refractivity contribution in [2.45, 2.75) is 51.2 Å². The normalized spacial score (nSPS) is 17.9. The number of rotatable bonds is 8. The molecule has 2 N–H and O–H groups in total. The summed E-state index contributed by atoms with van der Waals surface area (Å²) < 4.78 is 16.4. The Bertz CT molecular complexity index is 1070. The zero-order valence-corrected chi connectivity index (χ0v) is 21.1. The number of methoxy groups -OCH3 is 3. The van der Waals surface area contributed by atoms with Crippen LogP contribution >= 0.6 is 0 Å². The molecule has 0 radical (unpaired) electrons. The van der Waals surface area contributed by atoms with Gasteiger partial charge < -0.3 is 29.7 Å². The number of fused-ring (bicyclic) bond motifs is 1. The molecule has 8 heteroatoms. The second-order valence-electron chi connectivity index (χ2n) is 9.48. The van der Waals surface area contributed by atoms with Crippen molar-refractivity contribution >= 4 is 11.9 Å². The van der Waals surface area contributed by atoms with Gasteiger partial charge >= 0.3 is 6.03 Å². The topological polar surface area (TPSA) is 89.1 Å². The molecule has 0 aromatic heterocycles. The van der Waals surface area contributed by atoms with Crippen LogP contribution in [0.3, 0.4) is 0 Å². The van der Waals surface area contributed by atoms with Gasteiger partial charge in [0.25, 0.3) is 0 Å². The van der Waals surface area contributed by atoms with Crippen molar-refractivity contribution in [2.75, 3.05) is 27.9 Å². The Morgan fingerprint density at radius 2 is 1.63 bits per heavy atom. The Morgan fingerprint density at radius 3 is 2.20 bits per heavy atom. The Kier molecular flexibility index (Phi) is 7.38. The van der Waals surface area contributed by atoms with E-state index in [4.69, 9.17) is 14.2 Å². The highest BCUT2D eigenvalue weighted by Gasteiger charge is 2.36. The summed E-state index contributed by atoms with van der Waals surface area (Å²) in [6.45, 7) is 4.39. The SMILES string of the molecule is COc1ccc(C2c3cc(OC)c(OC)cc3CCN2C(=O)NC(C(=O)NC2CC2)C(C)C)cc1. The second kappa shape index (κ2) is 10.5. The van der Waals surface area contributed by atoms with Gasteiger partial charge in [-0.25, -0.2) is 4.79 Å². The average molecular weight is 482 g/mol. The number of hydrogen-bond donors (Lipinski definition) is 2. The van der Waals surface area contributed by atoms with Crippen LogP contribution in [0.1, 0.15) is 49.4 Å². The largest absolute Gasteiger partial charge is 0.497 e. The first kappa shape index (κ1) is 24.7. The molecule has 1 saturated carbocycles. The highest BCUT2D eigenvalue weighted by Crippen LogP contribution is 2.41. The quantitative estimate of drug-likeness (QED) is 0.601. The minimum absolute atomic E-state index is 0.0430. The van der Waals surface area contributed by atoms with Crippen molar-refractivity contribution in [3.63, 3.8) is 0 Å². The van der Waals surface area contributed by atoms with E-state index in [0.717, 1.165) is 35.3 Å². The van der Waals surface area contributed by atoms with E-state index in [-0.39, 0.29) is 29.9 Å². The molecule has 2 aromatic carbocycles. The maximum absolute atomic E-state index is 13.7. The van der Waals surface area contributed by atoms with Gasteiger partial charge in [0, 0.05) is 12.6 Å². The molecule has 4 rings (SSSR count). The average Bonchev–Trinajstić information content (AvgIpc) is 3.69. The minimum Gasteiger partial charge on any atom is -0.497 e. The van der Waals surface area contributed by atoms with E-state index in [1.165, 1.54) is 0 Å². The minimum atomic E-state index is -0.605. The van der Waals surface area contributed by atoms with Crippen molar-refractivity contribution in [3.8, 4) is 17.2 Å². The monoisotopic (exact) mass is 481 g/mol. The number of hydrogen-bond acceptors (Lipinski definition) is 5. The molecule has 2 aliphatic rings. The Hall–Kier alpha value is -3.42. The van der Waals surface area contributed by atoms with Gasteiger partial charge in [-0.3, -0.25) is 4.79 Å². The molecule has 2 unspecified atom stereocenters. The predicted molar refractivity (Wildman–Crippen MR) is 133 cm³/mol. The second-order valence-corrected chi connectivity index (χ2v) is 9.48. The van der Waals surface area contributed by atoms with E-state index in [2.05, 4.69) is 10.6 Å². The molecule has 0 saturated heterocycles. The van der Waals surface area contributed by atoms with Gasteiger partial charge in [0.1, 0.15) is 11.8 Å². The molecule has 2 atom stereocenters. The number of benzene rings is 2. The van der Waals surface area contributed by atoms with Gasteiger partial charge in [-0.05, 0) is 66.1 Å². The highest BCUT2D eigenvalue weighted by atomic mass is 16.5. The maximum atomic E-state index is 13.7. The lowest BCUT2D eigenvalue weighted by atomic mass is 9.87. The molecule has 2 aromatic rings. The highest BCUT2D eigenvalue weighted by molar-refractivity contribution is 5.88. The molecule has 0 spiro atoms. The zero-order valence-electron chi connectivity index (χ0n) is 21.1. The van der Waals surface area contributed by atoms with Crippen LogP contribution in [0.25, 0.3) is 0 Å². The van der Waals surface area contributed by atoms with Crippen LogP contribution in [0.4, 0.5) is 4.79 Å². The first-order valence-electron chi connectivity index (χ1n) is 12.1. The number of urea groups is 1. The predicted octanol–water partition coefficient (Wildman–Crippen LogP) is 3.67. The molecule has 3 amide bonds. The molecule has 0 bridgehead atoms. The van der Waals surface area contributed by atoms with Crippen LogP contribution in [0, 0.1) is 5.92 Å². The molecule has 35 heavy (non-hydrogen) atoms. The number of ether oxygens (including phenoxy) is 3. The number of nitrogens with one attached hydrogen (secondary N) is 2. The first-order valence-corrected chi connectivity index (χ1v) is 12.1. The van der Waals surface area contributed by atoms with Crippen LogP contribution < -0.4 is 24.8 Å². The van der Waals surface area contributed by atoms with E-state index in [9.17, 15) is 9.59 Å². The molecule has 8 nitrogen and oxygen atoms in total. The summed E-state index contributed by atoms with van der Waals surface area (Å²) in [4.78, 5) is 28.3. The Morgan fingerprint density at radius 1 is 0.971 bits per heavy atom. The Balaban J connectivity index is 1.69. The lowest BCUT2D eigenvalue weighted by Crippen LogP contribution is -2.55. The van der Waals surface area contributed by atoms with Gasteiger partial charge in [-0.1, -0.05) is 26.0 Å². The van der Waals surface area contributed by atoms with Gasteiger partial charge in [0.15, 0.2) is 11.5 Å². The van der Waals surface area contributed by atoms with Gasteiger partial charge in [-0.15, -0.1) is 0 Å². The molecule has 188 valence electrons. The third-order valence-corrected chi connectivity index (χ3v) is 6.72. The number of amides is 3. The number of carbonyl (C=O) groups is 2. The summed E-state index contributed by atoms with van der Waals surface area (Å²) in [6.07, 6.45) is 2.66. The van der Waals surface area contributed by atoms with E-state index in [0.29, 0.717) is 24.5 Å². The summed E-state index contributed by atoms with van der Waals surface area (Å²) >= 11 is 0. The van der Waals surface area contributed by atoms with Crippen molar-refractivity contribution < 1.29 is 23.8 Å². The molecule has 1 aliphatic carbocycles. The Labute approximate surface area is 206 Å². The summed E-state index contributed by atoms with van der Waals surface area (Å²) in [5.41, 5.74) is 3.01. The van der Waals surface area contributed by atoms with Crippen LogP contribution in [0.15, 0.2) is 36.4 Å². The van der Waals surface area contributed by atoms with E-state index < -0.39 is 6.04 Å². The fourth-order valence-electron chi connectivity index (χ4n) is 4.58. The van der Waals surface area contributed by atoms with Crippen molar-refractivity contribution in [2.24, 2.45) is 5.92 Å².